The quantitative estimate of drug-likeness (QED) is 0.847. The second-order valence-electron chi connectivity index (χ2n) is 5.90. The molecule has 2 aromatic rings. The molecule has 6 heteroatoms. The van der Waals surface area contributed by atoms with Crippen LogP contribution in [0.15, 0.2) is 24.4 Å². The predicted octanol–water partition coefficient (Wildman–Crippen LogP) is 2.02. The highest BCUT2D eigenvalue weighted by Crippen LogP contribution is 2.13. The molecule has 0 fully saturated rings. The van der Waals surface area contributed by atoms with Crippen LogP contribution in [-0.4, -0.2) is 33.7 Å². The number of H-pyrrole nitrogens is 1. The molecule has 0 aliphatic carbocycles. The van der Waals surface area contributed by atoms with Crippen molar-refractivity contribution in [1.82, 2.24) is 15.5 Å². The first-order valence-electron chi connectivity index (χ1n) is 6.73. The van der Waals surface area contributed by atoms with Gasteiger partial charge in [0, 0.05) is 10.9 Å². The Balaban J connectivity index is 2.04. The van der Waals surface area contributed by atoms with Crippen molar-refractivity contribution in [1.29, 1.82) is 0 Å². The maximum Gasteiger partial charge on any atom is 0.328 e. The maximum atomic E-state index is 12.1. The summed E-state index contributed by atoms with van der Waals surface area (Å²) in [5.41, 5.74) is 0.653. The van der Waals surface area contributed by atoms with Crippen LogP contribution in [0.3, 0.4) is 0 Å². The van der Waals surface area contributed by atoms with Crippen molar-refractivity contribution in [2.45, 2.75) is 39.3 Å². The molecule has 2 N–H and O–H groups in total. The van der Waals surface area contributed by atoms with E-state index in [9.17, 15) is 9.59 Å². The van der Waals surface area contributed by atoms with Crippen molar-refractivity contribution < 1.29 is 14.3 Å². The highest BCUT2D eigenvalue weighted by atomic mass is 16.6. The number of ether oxygens (including phenoxy) is 1. The number of hydrogen-bond acceptors (Lipinski definition) is 4. The van der Waals surface area contributed by atoms with Gasteiger partial charge in [0.25, 0.3) is 5.91 Å². The Morgan fingerprint density at radius 3 is 2.71 bits per heavy atom. The molecule has 6 nitrogen and oxygen atoms in total. The fourth-order valence-corrected chi connectivity index (χ4v) is 1.81. The summed E-state index contributed by atoms with van der Waals surface area (Å²) >= 11 is 0. The number of carbonyl (C=O) groups is 2. The number of nitrogens with one attached hydrogen (secondary N) is 2. The van der Waals surface area contributed by atoms with Crippen LogP contribution in [-0.2, 0) is 9.53 Å². The van der Waals surface area contributed by atoms with Gasteiger partial charge in [0.2, 0.25) is 0 Å². The van der Waals surface area contributed by atoms with Gasteiger partial charge in [-0.15, -0.1) is 0 Å². The summed E-state index contributed by atoms with van der Waals surface area (Å²) in [6.07, 6.45) is 1.68. The smallest absolute Gasteiger partial charge is 0.328 e. The van der Waals surface area contributed by atoms with Crippen LogP contribution < -0.4 is 5.32 Å². The van der Waals surface area contributed by atoms with Crippen LogP contribution in [0.1, 0.15) is 38.1 Å². The van der Waals surface area contributed by atoms with E-state index in [4.69, 9.17) is 4.74 Å². The van der Waals surface area contributed by atoms with Crippen LogP contribution in [0.4, 0.5) is 0 Å². The minimum Gasteiger partial charge on any atom is -0.458 e. The van der Waals surface area contributed by atoms with E-state index in [1.165, 1.54) is 0 Å². The van der Waals surface area contributed by atoms with E-state index in [-0.39, 0.29) is 5.91 Å². The Kier molecular flexibility index (Phi) is 3.97. The first-order valence-corrected chi connectivity index (χ1v) is 6.73. The van der Waals surface area contributed by atoms with Gasteiger partial charge in [0.1, 0.15) is 11.6 Å². The molecule has 112 valence electrons. The topological polar surface area (TPSA) is 84.1 Å². The molecule has 0 radical (unpaired) electrons. The predicted molar refractivity (Wildman–Crippen MR) is 78.9 cm³/mol. The van der Waals surface area contributed by atoms with E-state index in [1.807, 2.05) is 0 Å². The summed E-state index contributed by atoms with van der Waals surface area (Å²) < 4.78 is 5.22. The molecule has 0 unspecified atom stereocenters. The van der Waals surface area contributed by atoms with Crippen LogP contribution >= 0.6 is 0 Å². The molecule has 21 heavy (non-hydrogen) atoms. The lowest BCUT2D eigenvalue weighted by Crippen LogP contribution is -2.42. The average molecular weight is 289 g/mol. The van der Waals surface area contributed by atoms with Gasteiger partial charge < -0.3 is 10.1 Å². The fourth-order valence-electron chi connectivity index (χ4n) is 1.81. The second kappa shape index (κ2) is 5.55. The van der Waals surface area contributed by atoms with Gasteiger partial charge in [0.05, 0.1) is 11.7 Å². The van der Waals surface area contributed by atoms with Crippen molar-refractivity contribution in [3.8, 4) is 0 Å². The van der Waals surface area contributed by atoms with E-state index < -0.39 is 17.6 Å². The van der Waals surface area contributed by atoms with Crippen LogP contribution in [0.25, 0.3) is 10.9 Å². The minimum atomic E-state index is -0.714. The Morgan fingerprint density at radius 2 is 2.05 bits per heavy atom. The van der Waals surface area contributed by atoms with Crippen molar-refractivity contribution in [2.75, 3.05) is 0 Å². The van der Waals surface area contributed by atoms with Crippen molar-refractivity contribution in [3.63, 3.8) is 0 Å². The summed E-state index contributed by atoms with van der Waals surface area (Å²) in [5, 5.41) is 10.3. The maximum absolute atomic E-state index is 12.1. The molecule has 1 aromatic heterocycles. The van der Waals surface area contributed by atoms with E-state index in [0.717, 1.165) is 10.9 Å². The van der Waals surface area contributed by atoms with Crippen LogP contribution in [0, 0.1) is 0 Å². The summed E-state index contributed by atoms with van der Waals surface area (Å²) in [6.45, 7) is 6.95. The highest BCUT2D eigenvalue weighted by Gasteiger charge is 2.23. The Morgan fingerprint density at radius 1 is 1.33 bits per heavy atom. The van der Waals surface area contributed by atoms with Gasteiger partial charge in [-0.25, -0.2) is 4.79 Å². The Labute approximate surface area is 122 Å². The molecule has 1 heterocycles. The summed E-state index contributed by atoms with van der Waals surface area (Å²) in [5.74, 6) is -0.789. The zero-order valence-electron chi connectivity index (χ0n) is 12.6. The number of amides is 1. The lowest BCUT2D eigenvalue weighted by atomic mass is 10.1. The zero-order valence-corrected chi connectivity index (χ0v) is 12.6. The van der Waals surface area contributed by atoms with E-state index in [0.29, 0.717) is 5.56 Å². The first kappa shape index (κ1) is 15.0. The second-order valence-corrected chi connectivity index (χ2v) is 5.90. The van der Waals surface area contributed by atoms with Crippen molar-refractivity contribution in [2.24, 2.45) is 0 Å². The monoisotopic (exact) mass is 289 g/mol. The number of fused-ring (bicyclic) bond motifs is 1. The molecule has 0 saturated carbocycles. The van der Waals surface area contributed by atoms with E-state index in [2.05, 4.69) is 15.5 Å². The molecule has 0 bridgehead atoms. The normalized spacial score (nSPS) is 13.0. The molecule has 1 atom stereocenters. The minimum absolute atomic E-state index is 0.329. The van der Waals surface area contributed by atoms with Crippen LogP contribution in [0.5, 0.6) is 0 Å². The number of carbonyl (C=O) groups excluding carboxylic acids is 2. The standard InChI is InChI=1S/C15H19N3O3/c1-9(14(20)21-15(2,3)4)17-13(19)10-5-6-11-8-16-18-12(11)7-10/h5-9H,1-4H3,(H,16,18)(H,17,19)/t9-/m0/s1. The van der Waals surface area contributed by atoms with E-state index in [1.54, 1.807) is 52.1 Å². The number of hydrogen-bond donors (Lipinski definition) is 2. The Bertz CT molecular complexity index is 670. The van der Waals surface area contributed by atoms with Gasteiger partial charge in [0.15, 0.2) is 0 Å². The number of benzene rings is 1. The largest absolute Gasteiger partial charge is 0.458 e. The van der Waals surface area contributed by atoms with Gasteiger partial charge >= 0.3 is 5.97 Å². The highest BCUT2D eigenvalue weighted by molar-refractivity contribution is 5.99. The average Bonchev–Trinajstić information content (AvgIpc) is 2.83. The third-order valence-electron chi connectivity index (χ3n) is 2.81. The number of esters is 1. The van der Waals surface area contributed by atoms with Crippen LogP contribution in [0.2, 0.25) is 0 Å². The molecular formula is C15H19N3O3. The molecule has 0 spiro atoms. The van der Waals surface area contributed by atoms with Crippen molar-refractivity contribution >= 4 is 22.8 Å². The molecule has 2 rings (SSSR count). The lowest BCUT2D eigenvalue weighted by Gasteiger charge is -2.22. The number of rotatable bonds is 3. The molecule has 0 saturated heterocycles. The molecule has 0 aliphatic heterocycles. The van der Waals surface area contributed by atoms with Gasteiger partial charge in [-0.2, -0.15) is 5.10 Å². The number of aromatic nitrogens is 2. The molecule has 0 aliphatic rings. The van der Waals surface area contributed by atoms with E-state index >= 15 is 0 Å². The number of nitrogens with zero attached hydrogens (tertiary/aromatic N) is 1. The van der Waals surface area contributed by atoms with Gasteiger partial charge in [-0.3, -0.25) is 9.89 Å². The lowest BCUT2D eigenvalue weighted by molar-refractivity contribution is -0.156. The zero-order chi connectivity index (χ0) is 15.6. The summed E-state index contributed by atoms with van der Waals surface area (Å²) in [6, 6.07) is 4.47. The van der Waals surface area contributed by atoms with Gasteiger partial charge in [-0.1, -0.05) is 6.07 Å². The molecule has 1 aromatic carbocycles. The summed E-state index contributed by atoms with van der Waals surface area (Å²) in [4.78, 5) is 24.0. The summed E-state index contributed by atoms with van der Waals surface area (Å²) in [7, 11) is 0. The van der Waals surface area contributed by atoms with Crippen molar-refractivity contribution in [3.05, 3.63) is 30.0 Å². The number of aromatic amines is 1. The third kappa shape index (κ3) is 3.81. The first-order chi connectivity index (χ1) is 9.76. The third-order valence-corrected chi connectivity index (χ3v) is 2.81. The van der Waals surface area contributed by atoms with Gasteiger partial charge in [-0.05, 0) is 39.8 Å². The molecular weight excluding hydrogens is 270 g/mol. The molecule has 1 amide bonds. The Hall–Kier alpha value is -2.37. The SMILES string of the molecule is C[C@H](NC(=O)c1ccc2cn[nH]c2c1)C(=O)OC(C)(C)C. The fraction of sp³-hybridized carbons (Fsp3) is 0.400.